The Bertz CT molecular complexity index is 689. The summed E-state index contributed by atoms with van der Waals surface area (Å²) in [4.78, 5) is 17.8. The van der Waals surface area contributed by atoms with Crippen LogP contribution in [0.2, 0.25) is 5.02 Å². The van der Waals surface area contributed by atoms with Crippen molar-refractivity contribution in [2.75, 3.05) is 19.7 Å². The Balaban J connectivity index is 2.31. The number of rotatable bonds is 4. The number of pyridine rings is 1. The van der Waals surface area contributed by atoms with Crippen LogP contribution in [0.15, 0.2) is 17.2 Å². The van der Waals surface area contributed by atoms with Gasteiger partial charge in [0.2, 0.25) is 0 Å². The summed E-state index contributed by atoms with van der Waals surface area (Å²) in [5, 5.41) is 9.17. The molecule has 1 atom stereocenters. The fourth-order valence-electron chi connectivity index (χ4n) is 2.50. The molecule has 1 aliphatic rings. The van der Waals surface area contributed by atoms with Crippen LogP contribution in [0.4, 0.5) is 0 Å². The molecule has 1 aromatic heterocycles. The summed E-state index contributed by atoms with van der Waals surface area (Å²) in [7, 11) is 1.21. The number of aromatic nitrogens is 1. The van der Waals surface area contributed by atoms with E-state index in [9.17, 15) is 18.3 Å². The maximum atomic E-state index is 12.5. The molecule has 0 radical (unpaired) electrons. The van der Waals surface area contributed by atoms with E-state index in [1.165, 1.54) is 11.0 Å². The van der Waals surface area contributed by atoms with Crippen molar-refractivity contribution in [1.82, 2.24) is 9.88 Å². The molecule has 1 fully saturated rings. The van der Waals surface area contributed by atoms with Gasteiger partial charge in [0.05, 0.1) is 11.6 Å². The number of hydrogen-bond donors (Lipinski definition) is 1. The number of likely N-dealkylation sites (tertiary alicyclic amines) is 1. The van der Waals surface area contributed by atoms with E-state index >= 15 is 0 Å². The average molecular weight is 367 g/mol. The van der Waals surface area contributed by atoms with Crippen LogP contribution in [0.25, 0.3) is 0 Å². The Morgan fingerprint density at radius 2 is 2.18 bits per heavy atom. The van der Waals surface area contributed by atoms with Gasteiger partial charge in [0, 0.05) is 29.2 Å². The van der Waals surface area contributed by atoms with E-state index in [1.807, 2.05) is 6.92 Å². The summed E-state index contributed by atoms with van der Waals surface area (Å²) in [5.41, 5.74) is -0.466. The summed E-state index contributed by atoms with van der Waals surface area (Å²) < 4.78 is 22.7. The van der Waals surface area contributed by atoms with E-state index in [1.54, 1.807) is 0 Å². The Morgan fingerprint density at radius 3 is 2.68 bits per heavy atom. The summed E-state index contributed by atoms with van der Waals surface area (Å²) >= 11 is 5.96. The number of carbonyl (C=O) groups excluding carboxylic acids is 1. The maximum Gasteiger partial charge on any atom is 0.278 e. The highest BCUT2D eigenvalue weighted by molar-refractivity contribution is 8.13. The molecule has 0 aromatic carbocycles. The summed E-state index contributed by atoms with van der Waals surface area (Å²) in [5.74, 6) is -0.462. The van der Waals surface area contributed by atoms with Crippen molar-refractivity contribution < 1.29 is 18.3 Å². The van der Waals surface area contributed by atoms with Gasteiger partial charge in [-0.25, -0.2) is 13.4 Å². The average Bonchev–Trinajstić information content (AvgIpc) is 2.91. The molecule has 0 spiro atoms. The van der Waals surface area contributed by atoms with Crippen molar-refractivity contribution in [2.45, 2.75) is 24.8 Å². The molecule has 2 rings (SSSR count). The lowest BCUT2D eigenvalue weighted by Gasteiger charge is -2.25. The van der Waals surface area contributed by atoms with Crippen LogP contribution >= 0.6 is 22.3 Å². The van der Waals surface area contributed by atoms with Crippen LogP contribution in [-0.4, -0.2) is 49.0 Å². The van der Waals surface area contributed by atoms with E-state index in [0.717, 1.165) is 12.5 Å². The first-order chi connectivity index (χ1) is 10.2. The molecule has 1 N–H and O–H groups in total. The lowest BCUT2D eigenvalue weighted by molar-refractivity contribution is 0.0730. The van der Waals surface area contributed by atoms with E-state index in [4.69, 9.17) is 22.3 Å². The second-order valence-corrected chi connectivity index (χ2v) is 8.33. The van der Waals surface area contributed by atoms with Crippen LogP contribution in [0.3, 0.4) is 0 Å². The molecule has 1 aromatic rings. The second-order valence-electron chi connectivity index (χ2n) is 5.41. The third-order valence-electron chi connectivity index (χ3n) is 4.08. The molecule has 1 unspecified atom stereocenters. The molecule has 2 heterocycles. The molecule has 6 nitrogen and oxygen atoms in total. The van der Waals surface area contributed by atoms with Gasteiger partial charge in [0.25, 0.3) is 15.0 Å². The van der Waals surface area contributed by atoms with Gasteiger partial charge >= 0.3 is 0 Å². The molecule has 0 aliphatic carbocycles. The van der Waals surface area contributed by atoms with E-state index in [2.05, 4.69) is 4.98 Å². The largest absolute Gasteiger partial charge is 0.396 e. The molecular formula is C13H16Cl2N2O4S. The van der Waals surface area contributed by atoms with Crippen LogP contribution < -0.4 is 0 Å². The summed E-state index contributed by atoms with van der Waals surface area (Å²) in [6.45, 7) is 2.79. The van der Waals surface area contributed by atoms with Crippen LogP contribution in [0, 0.1) is 5.41 Å². The van der Waals surface area contributed by atoms with Crippen molar-refractivity contribution in [1.29, 1.82) is 0 Å². The number of amides is 1. The third-order valence-corrected chi connectivity index (χ3v) is 5.59. The zero-order chi connectivity index (χ0) is 16.5. The zero-order valence-electron chi connectivity index (χ0n) is 11.9. The van der Waals surface area contributed by atoms with Gasteiger partial charge in [0.1, 0.15) is 5.69 Å². The topological polar surface area (TPSA) is 87.6 Å². The maximum absolute atomic E-state index is 12.5. The predicted molar refractivity (Wildman–Crippen MR) is 82.6 cm³/mol. The molecular weight excluding hydrogens is 351 g/mol. The van der Waals surface area contributed by atoms with Crippen LogP contribution in [0.5, 0.6) is 0 Å². The van der Waals surface area contributed by atoms with Crippen LogP contribution in [0.1, 0.15) is 30.3 Å². The van der Waals surface area contributed by atoms with Crippen LogP contribution in [-0.2, 0) is 9.05 Å². The number of hydrogen-bond acceptors (Lipinski definition) is 5. The van der Waals surface area contributed by atoms with Gasteiger partial charge < -0.3 is 10.0 Å². The Hall–Kier alpha value is -0.890. The van der Waals surface area contributed by atoms with Gasteiger partial charge in [0.15, 0.2) is 5.03 Å². The number of halogens is 2. The number of aliphatic hydroxyl groups excluding tert-OH is 1. The van der Waals surface area contributed by atoms with Gasteiger partial charge in [-0.05, 0) is 25.0 Å². The summed E-state index contributed by atoms with van der Waals surface area (Å²) in [6.07, 6.45) is 1.42. The minimum absolute atomic E-state index is 0.00939. The SMILES string of the molecule is CCC1(CO)CCN(C(=O)c2nc(S(=O)(=O)Cl)ccc2Cl)C1. The predicted octanol–water partition coefficient (Wildman–Crippen LogP) is 1.90. The second kappa shape index (κ2) is 6.31. The van der Waals surface area contributed by atoms with E-state index in [0.29, 0.717) is 19.5 Å². The Labute approximate surface area is 138 Å². The number of aliphatic hydroxyl groups is 1. The number of carbonyl (C=O) groups is 1. The molecule has 0 bridgehead atoms. The fraction of sp³-hybridized carbons (Fsp3) is 0.538. The van der Waals surface area contributed by atoms with Crippen molar-refractivity contribution in [3.8, 4) is 0 Å². The quantitative estimate of drug-likeness (QED) is 0.822. The Kier molecular flexibility index (Phi) is 5.01. The standard InChI is InChI=1S/C13H16Cl2N2O4S/c1-2-13(8-18)5-6-17(7-13)12(19)11-9(14)3-4-10(16-11)22(15,20)21/h3-4,18H,2,5-8H2,1H3. The highest BCUT2D eigenvalue weighted by atomic mass is 35.7. The molecule has 1 saturated heterocycles. The highest BCUT2D eigenvalue weighted by Gasteiger charge is 2.39. The lowest BCUT2D eigenvalue weighted by atomic mass is 9.85. The zero-order valence-corrected chi connectivity index (χ0v) is 14.2. The molecule has 1 amide bonds. The van der Waals surface area contributed by atoms with E-state index < -0.39 is 20.0 Å². The molecule has 1 aliphatic heterocycles. The molecule has 0 saturated carbocycles. The highest BCUT2D eigenvalue weighted by Crippen LogP contribution is 2.34. The summed E-state index contributed by atoms with van der Waals surface area (Å²) in [6, 6.07) is 2.43. The van der Waals surface area contributed by atoms with E-state index in [-0.39, 0.29) is 22.7 Å². The molecule has 22 heavy (non-hydrogen) atoms. The first-order valence-corrected chi connectivity index (χ1v) is 9.42. The normalized spacial score (nSPS) is 22.1. The van der Waals surface area contributed by atoms with Gasteiger partial charge in [-0.1, -0.05) is 18.5 Å². The van der Waals surface area contributed by atoms with Crippen molar-refractivity contribution in [3.63, 3.8) is 0 Å². The molecule has 122 valence electrons. The third kappa shape index (κ3) is 3.37. The van der Waals surface area contributed by atoms with Gasteiger partial charge in [-0.15, -0.1) is 0 Å². The fourth-order valence-corrected chi connectivity index (χ4v) is 3.37. The molecule has 9 heteroatoms. The monoisotopic (exact) mass is 366 g/mol. The van der Waals surface area contributed by atoms with Crippen molar-refractivity contribution in [3.05, 3.63) is 22.8 Å². The number of nitrogens with zero attached hydrogens (tertiary/aromatic N) is 2. The van der Waals surface area contributed by atoms with Crippen molar-refractivity contribution in [2.24, 2.45) is 5.41 Å². The first-order valence-electron chi connectivity index (χ1n) is 6.74. The minimum atomic E-state index is -4.04. The smallest absolute Gasteiger partial charge is 0.278 e. The van der Waals surface area contributed by atoms with Gasteiger partial charge in [-0.2, -0.15) is 0 Å². The Morgan fingerprint density at radius 1 is 1.50 bits per heavy atom. The first kappa shape index (κ1) is 17.5. The van der Waals surface area contributed by atoms with Crippen molar-refractivity contribution >= 4 is 37.2 Å². The minimum Gasteiger partial charge on any atom is -0.396 e. The van der Waals surface area contributed by atoms with Gasteiger partial charge in [-0.3, -0.25) is 4.79 Å². The lowest BCUT2D eigenvalue weighted by Crippen LogP contribution is -2.34.